The molecule has 296 valence electrons. The molecule has 0 radical (unpaired) electrons. The van der Waals surface area contributed by atoms with Crippen LogP contribution >= 0.6 is 46.4 Å². The molecule has 0 saturated carbocycles. The summed E-state index contributed by atoms with van der Waals surface area (Å²) in [4.78, 5) is 31.2. The summed E-state index contributed by atoms with van der Waals surface area (Å²) in [6.45, 7) is 5.76. The summed E-state index contributed by atoms with van der Waals surface area (Å²) in [6, 6.07) is 10.4. The zero-order valence-corrected chi connectivity index (χ0v) is 33.5. The molecule has 0 fully saturated rings. The first-order chi connectivity index (χ1) is 27.6. The molecule has 16 nitrogen and oxygen atoms in total. The van der Waals surface area contributed by atoms with Gasteiger partial charge in [0.25, 0.3) is 0 Å². The summed E-state index contributed by atoms with van der Waals surface area (Å²) in [6.07, 6.45) is 6.71. The third-order valence-electron chi connectivity index (χ3n) is 8.82. The summed E-state index contributed by atoms with van der Waals surface area (Å²) in [7, 11) is 0. The monoisotopic (exact) mass is 852 g/mol. The minimum absolute atomic E-state index is 0.0768. The number of carbonyl (C=O) groups excluding carboxylic acids is 1. The SMILES string of the molecule is CCOC(=O)N1Cc2nc(N)nc(-c3c(Cl)cc(Cl)cc3OCCn3cccn3)c2C1.Nc1nc2c(c(-c3c(Cl)cc(Cl)cc3OCCn3cccn3)n1)CNC2. The van der Waals surface area contributed by atoms with Gasteiger partial charge < -0.3 is 31.0 Å². The number of aromatic nitrogens is 8. The van der Waals surface area contributed by atoms with Crippen molar-refractivity contribution in [2.75, 3.05) is 31.3 Å². The molecule has 0 saturated heterocycles. The van der Waals surface area contributed by atoms with Crippen molar-refractivity contribution >= 4 is 64.4 Å². The van der Waals surface area contributed by atoms with Crippen molar-refractivity contribution in [1.82, 2.24) is 49.7 Å². The number of benzene rings is 2. The molecular weight excluding hydrogens is 818 g/mol. The van der Waals surface area contributed by atoms with E-state index in [1.165, 1.54) is 4.90 Å². The molecule has 0 atom stereocenters. The van der Waals surface area contributed by atoms with Gasteiger partial charge in [-0.15, -0.1) is 0 Å². The lowest BCUT2D eigenvalue weighted by Crippen LogP contribution is -2.26. The van der Waals surface area contributed by atoms with E-state index in [0.29, 0.717) is 99.2 Å². The lowest BCUT2D eigenvalue weighted by molar-refractivity contribution is 0.106. The quantitative estimate of drug-likeness (QED) is 0.125. The highest BCUT2D eigenvalue weighted by molar-refractivity contribution is 6.37. The number of amides is 1. The number of nitrogens with zero attached hydrogens (tertiary/aromatic N) is 9. The molecule has 20 heteroatoms. The molecule has 5 N–H and O–H groups in total. The minimum Gasteiger partial charge on any atom is -0.491 e. The number of rotatable bonds is 11. The molecule has 0 aliphatic carbocycles. The normalized spacial score (nSPS) is 12.8. The number of anilines is 2. The van der Waals surface area contributed by atoms with Gasteiger partial charge in [0.05, 0.1) is 76.7 Å². The van der Waals surface area contributed by atoms with Gasteiger partial charge in [0, 0.05) is 59.0 Å². The van der Waals surface area contributed by atoms with E-state index in [0.717, 1.165) is 16.8 Å². The van der Waals surface area contributed by atoms with Crippen molar-refractivity contribution < 1.29 is 19.0 Å². The van der Waals surface area contributed by atoms with Crippen LogP contribution in [0.15, 0.2) is 61.2 Å². The van der Waals surface area contributed by atoms with Gasteiger partial charge >= 0.3 is 6.09 Å². The lowest BCUT2D eigenvalue weighted by atomic mass is 10.0. The number of carbonyl (C=O) groups is 1. The second-order valence-electron chi connectivity index (χ2n) is 12.6. The van der Waals surface area contributed by atoms with Gasteiger partial charge in [0.15, 0.2) is 0 Å². The van der Waals surface area contributed by atoms with Crippen molar-refractivity contribution in [3.8, 4) is 34.0 Å². The molecule has 2 aliphatic rings. The van der Waals surface area contributed by atoms with Gasteiger partial charge in [-0.1, -0.05) is 46.4 Å². The highest BCUT2D eigenvalue weighted by Crippen LogP contribution is 2.43. The van der Waals surface area contributed by atoms with Crippen LogP contribution in [0, 0.1) is 0 Å². The van der Waals surface area contributed by atoms with Crippen molar-refractivity contribution in [3.63, 3.8) is 0 Å². The van der Waals surface area contributed by atoms with E-state index in [2.05, 4.69) is 35.5 Å². The fraction of sp³-hybridized carbons (Fsp3) is 0.270. The average molecular weight is 855 g/mol. The van der Waals surface area contributed by atoms with Crippen LogP contribution in [0.2, 0.25) is 20.1 Å². The van der Waals surface area contributed by atoms with E-state index in [1.807, 2.05) is 24.5 Å². The fourth-order valence-corrected chi connectivity index (χ4v) is 7.50. The molecule has 0 unspecified atom stereocenters. The van der Waals surface area contributed by atoms with Crippen molar-refractivity contribution in [1.29, 1.82) is 0 Å². The molecule has 0 bridgehead atoms. The van der Waals surface area contributed by atoms with Crippen LogP contribution in [-0.2, 0) is 44.0 Å². The Balaban J connectivity index is 0.000000177. The fourth-order valence-electron chi connectivity index (χ4n) is 6.37. The van der Waals surface area contributed by atoms with E-state index in [1.54, 1.807) is 52.9 Å². The number of hydrogen-bond acceptors (Lipinski definition) is 13. The summed E-state index contributed by atoms with van der Waals surface area (Å²) >= 11 is 25.5. The van der Waals surface area contributed by atoms with Gasteiger partial charge in [-0.2, -0.15) is 10.2 Å². The molecule has 2 aromatic carbocycles. The Labute approximate surface area is 347 Å². The van der Waals surface area contributed by atoms with Crippen molar-refractivity contribution in [2.45, 2.75) is 46.2 Å². The minimum atomic E-state index is -0.428. The number of nitrogens with one attached hydrogen (secondary N) is 1. The number of nitrogens with two attached hydrogens (primary N) is 2. The Hall–Kier alpha value is -5.39. The van der Waals surface area contributed by atoms with Crippen LogP contribution in [0.4, 0.5) is 16.7 Å². The third kappa shape index (κ3) is 9.27. The Kier molecular flexibility index (Phi) is 12.5. The predicted octanol–water partition coefficient (Wildman–Crippen LogP) is 6.69. The van der Waals surface area contributed by atoms with Gasteiger partial charge in [-0.05, 0) is 43.3 Å². The highest BCUT2D eigenvalue weighted by Gasteiger charge is 2.31. The second kappa shape index (κ2) is 17.8. The standard InChI is InChI=1S/C20H20Cl2N6O3.C17H16Cl2N6O/c1-2-30-20(29)27-10-13-15(11-27)25-19(23)26-18(13)17-14(22)8-12(21)9-16(17)31-7-6-28-5-3-4-24-28;18-10-6-12(19)15(14(7-10)26-5-4-25-3-1-2-22-25)16-11-8-21-9-13(11)23-17(20)24-16/h3-5,8-9H,2,6-7,10-11H2,1H3,(H2,23,25,26);1-3,6-7,21H,4-5,8-9H2,(H2,20,23,24). The molecule has 6 heterocycles. The molecule has 6 aromatic rings. The molecule has 2 aliphatic heterocycles. The maximum atomic E-state index is 12.2. The topological polar surface area (TPSA) is 199 Å². The van der Waals surface area contributed by atoms with E-state index in [-0.39, 0.29) is 31.6 Å². The van der Waals surface area contributed by atoms with Crippen LogP contribution in [0.25, 0.3) is 22.5 Å². The average Bonchev–Trinajstić information content (AvgIpc) is 4.00. The van der Waals surface area contributed by atoms with Crippen LogP contribution in [0.1, 0.15) is 29.4 Å². The first-order valence-corrected chi connectivity index (χ1v) is 19.2. The van der Waals surface area contributed by atoms with E-state index in [4.69, 9.17) is 72.1 Å². The van der Waals surface area contributed by atoms with Crippen LogP contribution < -0.4 is 26.3 Å². The number of halogens is 4. The highest BCUT2D eigenvalue weighted by atomic mass is 35.5. The third-order valence-corrected chi connectivity index (χ3v) is 9.85. The van der Waals surface area contributed by atoms with Crippen LogP contribution in [0.3, 0.4) is 0 Å². The van der Waals surface area contributed by atoms with Crippen LogP contribution in [-0.4, -0.2) is 70.3 Å². The van der Waals surface area contributed by atoms with Gasteiger partial charge in [0.2, 0.25) is 11.9 Å². The Morgan fingerprint density at radius 3 is 1.81 bits per heavy atom. The molecule has 57 heavy (non-hydrogen) atoms. The number of ether oxygens (including phenoxy) is 3. The number of fused-ring (bicyclic) bond motifs is 2. The summed E-state index contributed by atoms with van der Waals surface area (Å²) < 4.78 is 20.6. The van der Waals surface area contributed by atoms with E-state index < -0.39 is 6.09 Å². The Morgan fingerprint density at radius 2 is 1.28 bits per heavy atom. The number of nitrogen functional groups attached to an aromatic ring is 2. The summed E-state index contributed by atoms with van der Waals surface area (Å²) in [5.41, 5.74) is 17.5. The zero-order valence-electron chi connectivity index (χ0n) is 30.5. The Bertz CT molecular complexity index is 2380. The lowest BCUT2D eigenvalue weighted by Gasteiger charge is -2.16. The van der Waals surface area contributed by atoms with E-state index in [9.17, 15) is 4.79 Å². The second-order valence-corrected chi connectivity index (χ2v) is 14.3. The van der Waals surface area contributed by atoms with E-state index >= 15 is 0 Å². The molecule has 1 amide bonds. The molecule has 8 rings (SSSR count). The first kappa shape index (κ1) is 39.8. The van der Waals surface area contributed by atoms with Crippen LogP contribution in [0.5, 0.6) is 11.5 Å². The van der Waals surface area contributed by atoms with Gasteiger partial charge in [-0.3, -0.25) is 14.3 Å². The van der Waals surface area contributed by atoms with Crippen molar-refractivity contribution in [2.24, 2.45) is 0 Å². The maximum Gasteiger partial charge on any atom is 0.410 e. The Morgan fingerprint density at radius 1 is 0.737 bits per heavy atom. The molecular formula is C37H36Cl4N12O4. The van der Waals surface area contributed by atoms with Crippen molar-refractivity contribution in [3.05, 3.63) is 104 Å². The summed E-state index contributed by atoms with van der Waals surface area (Å²) in [5, 5.41) is 13.3. The number of hydrogen-bond donors (Lipinski definition) is 3. The first-order valence-electron chi connectivity index (χ1n) is 17.7. The van der Waals surface area contributed by atoms with Gasteiger partial charge in [0.1, 0.15) is 24.7 Å². The predicted molar refractivity (Wildman–Crippen MR) is 216 cm³/mol. The largest absolute Gasteiger partial charge is 0.491 e. The molecule has 4 aromatic heterocycles. The maximum absolute atomic E-state index is 12.2. The molecule has 0 spiro atoms. The smallest absolute Gasteiger partial charge is 0.410 e. The van der Waals surface area contributed by atoms with Gasteiger partial charge in [-0.25, -0.2) is 24.7 Å². The summed E-state index contributed by atoms with van der Waals surface area (Å²) in [5.74, 6) is 1.30. The zero-order chi connectivity index (χ0) is 40.1.